The Bertz CT molecular complexity index is 834. The van der Waals surface area contributed by atoms with E-state index in [1.54, 1.807) is 18.2 Å². The van der Waals surface area contributed by atoms with Gasteiger partial charge in [-0.3, -0.25) is 4.79 Å². The maximum atomic E-state index is 11.0. The van der Waals surface area contributed by atoms with Crippen molar-refractivity contribution in [1.29, 1.82) is 0 Å². The van der Waals surface area contributed by atoms with Gasteiger partial charge in [0.15, 0.2) is 0 Å². The minimum Gasteiger partial charge on any atom is -0.495 e. The highest BCUT2D eigenvalue weighted by molar-refractivity contribution is 9.10. The van der Waals surface area contributed by atoms with Crippen LogP contribution in [0.5, 0.6) is 11.6 Å². The number of nitrogens with one attached hydrogen (secondary N) is 1. The Hall–Kier alpha value is -2.39. The highest BCUT2D eigenvalue weighted by Crippen LogP contribution is 2.33. The van der Waals surface area contributed by atoms with Gasteiger partial charge < -0.3 is 24.4 Å². The molecule has 8 nitrogen and oxygen atoms in total. The molecule has 0 spiro atoms. The number of carbonyl (C=O) groups excluding carboxylic acids is 1. The lowest BCUT2D eigenvalue weighted by molar-refractivity contribution is -0.125. The second-order valence-corrected chi connectivity index (χ2v) is 7.41. The van der Waals surface area contributed by atoms with E-state index in [0.29, 0.717) is 47.4 Å². The van der Waals surface area contributed by atoms with Gasteiger partial charge in [-0.15, -0.1) is 0 Å². The predicted molar refractivity (Wildman–Crippen MR) is 108 cm³/mol. The zero-order valence-corrected chi connectivity index (χ0v) is 17.6. The van der Waals surface area contributed by atoms with Gasteiger partial charge >= 0.3 is 0 Å². The number of methoxy groups -OCH3 is 1. The first-order valence-corrected chi connectivity index (χ1v) is 9.74. The molecular weight excluding hydrogens is 428 g/mol. The summed E-state index contributed by atoms with van der Waals surface area (Å²) in [6.45, 7) is 5.51. The van der Waals surface area contributed by atoms with E-state index in [0.717, 1.165) is 12.0 Å². The van der Waals surface area contributed by atoms with E-state index in [1.165, 1.54) is 0 Å². The summed E-state index contributed by atoms with van der Waals surface area (Å²) in [5.41, 5.74) is 1.65. The number of amides is 1. The van der Waals surface area contributed by atoms with Gasteiger partial charge in [0.2, 0.25) is 18.2 Å². The second kappa shape index (κ2) is 9.20. The summed E-state index contributed by atoms with van der Waals surface area (Å²) >= 11 is 3.39. The summed E-state index contributed by atoms with van der Waals surface area (Å²) in [5, 5.41) is 3.16. The molecule has 150 valence electrons. The van der Waals surface area contributed by atoms with Crippen LogP contribution in [0, 0.1) is 0 Å². The molecule has 1 amide bonds. The third-order valence-corrected chi connectivity index (χ3v) is 4.69. The van der Waals surface area contributed by atoms with E-state index in [9.17, 15) is 4.79 Å². The van der Waals surface area contributed by atoms with Gasteiger partial charge in [-0.05, 0) is 47.5 Å². The molecule has 1 fully saturated rings. The van der Waals surface area contributed by atoms with Crippen molar-refractivity contribution in [2.45, 2.75) is 26.1 Å². The maximum absolute atomic E-state index is 11.0. The Kier molecular flexibility index (Phi) is 6.69. The van der Waals surface area contributed by atoms with Gasteiger partial charge in [0.25, 0.3) is 0 Å². The van der Waals surface area contributed by atoms with Gasteiger partial charge in [0, 0.05) is 6.54 Å². The molecule has 1 atom stereocenters. The summed E-state index contributed by atoms with van der Waals surface area (Å²) in [4.78, 5) is 21.4. The minimum absolute atomic E-state index is 0.00528. The topological polar surface area (TPSA) is 85.8 Å². The predicted octanol–water partition coefficient (Wildman–Crippen LogP) is 3.31. The SMILES string of the molecule is COc1cc(C2CN(C=O)CCO2)ccc1Nc1ncc(Br)c(OC(C)C)n1. The molecule has 9 heteroatoms. The Balaban J connectivity index is 1.80. The van der Waals surface area contributed by atoms with E-state index >= 15 is 0 Å². The molecular formula is C19H23BrN4O4. The van der Waals surface area contributed by atoms with Crippen molar-refractivity contribution in [3.05, 3.63) is 34.4 Å². The average Bonchev–Trinajstić information content (AvgIpc) is 2.70. The third kappa shape index (κ3) is 4.90. The lowest BCUT2D eigenvalue weighted by atomic mass is 10.1. The monoisotopic (exact) mass is 450 g/mol. The van der Waals surface area contributed by atoms with E-state index < -0.39 is 0 Å². The van der Waals surface area contributed by atoms with E-state index in [1.807, 2.05) is 32.0 Å². The molecule has 1 aliphatic heterocycles. The van der Waals surface area contributed by atoms with Crippen LogP contribution in [0.15, 0.2) is 28.9 Å². The molecule has 0 radical (unpaired) electrons. The summed E-state index contributed by atoms with van der Waals surface area (Å²) in [6.07, 6.45) is 2.30. The van der Waals surface area contributed by atoms with Gasteiger partial charge in [-0.25, -0.2) is 4.98 Å². The largest absolute Gasteiger partial charge is 0.495 e. The quantitative estimate of drug-likeness (QED) is 0.647. The van der Waals surface area contributed by atoms with Crippen LogP contribution in [0.3, 0.4) is 0 Å². The first-order valence-electron chi connectivity index (χ1n) is 8.95. The van der Waals surface area contributed by atoms with Gasteiger partial charge in [-0.2, -0.15) is 4.98 Å². The summed E-state index contributed by atoms with van der Waals surface area (Å²) in [5.74, 6) is 1.49. The van der Waals surface area contributed by atoms with Crippen molar-refractivity contribution < 1.29 is 19.0 Å². The number of aromatic nitrogens is 2. The van der Waals surface area contributed by atoms with E-state index in [4.69, 9.17) is 14.2 Å². The molecule has 2 aromatic rings. The molecule has 0 bridgehead atoms. The van der Waals surface area contributed by atoms with Crippen LogP contribution in [0.25, 0.3) is 0 Å². The Morgan fingerprint density at radius 3 is 2.96 bits per heavy atom. The standard InChI is InChI=1S/C19H23BrN4O4/c1-12(2)28-18-14(20)9-21-19(23-18)22-15-5-4-13(8-16(15)26-3)17-10-24(11-25)6-7-27-17/h4-5,8-9,11-12,17H,6-7,10H2,1-3H3,(H,21,22,23). The van der Waals surface area contributed by atoms with Crippen molar-refractivity contribution >= 4 is 34.0 Å². The van der Waals surface area contributed by atoms with Crippen molar-refractivity contribution in [3.8, 4) is 11.6 Å². The van der Waals surface area contributed by atoms with Crippen molar-refractivity contribution in [2.75, 3.05) is 32.1 Å². The van der Waals surface area contributed by atoms with Crippen molar-refractivity contribution in [1.82, 2.24) is 14.9 Å². The van der Waals surface area contributed by atoms with Crippen LogP contribution in [0.2, 0.25) is 0 Å². The average molecular weight is 451 g/mol. The highest BCUT2D eigenvalue weighted by Gasteiger charge is 2.22. The lowest BCUT2D eigenvalue weighted by Gasteiger charge is -2.30. The van der Waals surface area contributed by atoms with E-state index in [-0.39, 0.29) is 12.2 Å². The van der Waals surface area contributed by atoms with Crippen molar-refractivity contribution in [3.63, 3.8) is 0 Å². The molecule has 1 N–H and O–H groups in total. The molecule has 1 saturated heterocycles. The van der Waals surface area contributed by atoms with Gasteiger partial charge in [-0.1, -0.05) is 6.07 Å². The number of anilines is 2. The van der Waals surface area contributed by atoms with Crippen LogP contribution in [-0.2, 0) is 9.53 Å². The number of carbonyl (C=O) groups is 1. The Morgan fingerprint density at radius 2 is 2.25 bits per heavy atom. The van der Waals surface area contributed by atoms with E-state index in [2.05, 4.69) is 31.2 Å². The zero-order valence-electron chi connectivity index (χ0n) is 16.0. The van der Waals surface area contributed by atoms with Gasteiger partial charge in [0.1, 0.15) is 11.9 Å². The van der Waals surface area contributed by atoms with Crippen LogP contribution in [0.1, 0.15) is 25.5 Å². The first-order chi connectivity index (χ1) is 13.5. The minimum atomic E-state index is -0.183. The van der Waals surface area contributed by atoms with Crippen LogP contribution < -0.4 is 14.8 Å². The third-order valence-electron chi connectivity index (χ3n) is 4.15. The fourth-order valence-corrected chi connectivity index (χ4v) is 3.10. The molecule has 3 rings (SSSR count). The Morgan fingerprint density at radius 1 is 1.43 bits per heavy atom. The molecule has 1 aromatic carbocycles. The number of nitrogens with zero attached hydrogens (tertiary/aromatic N) is 3. The maximum Gasteiger partial charge on any atom is 0.233 e. The second-order valence-electron chi connectivity index (χ2n) is 6.56. The number of halogens is 1. The fraction of sp³-hybridized carbons (Fsp3) is 0.421. The highest BCUT2D eigenvalue weighted by atomic mass is 79.9. The summed E-state index contributed by atoms with van der Waals surface area (Å²) in [7, 11) is 1.60. The fourth-order valence-electron chi connectivity index (χ4n) is 2.82. The molecule has 2 heterocycles. The normalized spacial score (nSPS) is 16.8. The number of ether oxygens (including phenoxy) is 3. The number of hydrogen-bond donors (Lipinski definition) is 1. The molecule has 1 unspecified atom stereocenters. The van der Waals surface area contributed by atoms with Crippen LogP contribution >= 0.6 is 15.9 Å². The number of morpholine rings is 1. The lowest BCUT2D eigenvalue weighted by Crippen LogP contribution is -2.37. The molecule has 1 aromatic heterocycles. The van der Waals surface area contributed by atoms with Crippen molar-refractivity contribution in [2.24, 2.45) is 0 Å². The number of rotatable bonds is 7. The number of hydrogen-bond acceptors (Lipinski definition) is 7. The van der Waals surface area contributed by atoms with Crippen LogP contribution in [-0.4, -0.2) is 54.2 Å². The summed E-state index contributed by atoms with van der Waals surface area (Å²) < 4.78 is 17.7. The van der Waals surface area contributed by atoms with Gasteiger partial charge in [0.05, 0.1) is 42.7 Å². The zero-order chi connectivity index (χ0) is 20.1. The smallest absolute Gasteiger partial charge is 0.233 e. The molecule has 1 aliphatic rings. The Labute approximate surface area is 172 Å². The molecule has 0 saturated carbocycles. The first kappa shape index (κ1) is 20.3. The van der Waals surface area contributed by atoms with Crippen LogP contribution in [0.4, 0.5) is 11.6 Å². The number of benzene rings is 1. The molecule has 0 aliphatic carbocycles. The summed E-state index contributed by atoms with van der Waals surface area (Å²) in [6, 6.07) is 5.71. The molecule has 28 heavy (non-hydrogen) atoms.